The van der Waals surface area contributed by atoms with Gasteiger partial charge < -0.3 is 9.84 Å². The normalized spacial score (nSPS) is 24.2. The molecule has 0 spiro atoms. The molecule has 0 amide bonds. The van der Waals surface area contributed by atoms with E-state index in [1.807, 2.05) is 19.1 Å². The zero-order chi connectivity index (χ0) is 19.9. The van der Waals surface area contributed by atoms with Gasteiger partial charge >= 0.3 is 5.97 Å². The van der Waals surface area contributed by atoms with Crippen LogP contribution in [0.2, 0.25) is 0 Å². The summed E-state index contributed by atoms with van der Waals surface area (Å²) in [6, 6.07) is 13.6. The molecule has 7 heteroatoms. The van der Waals surface area contributed by atoms with E-state index in [1.165, 1.54) is 0 Å². The van der Waals surface area contributed by atoms with Crippen molar-refractivity contribution in [2.45, 2.75) is 55.1 Å². The van der Waals surface area contributed by atoms with Crippen molar-refractivity contribution in [3.8, 4) is 5.75 Å². The van der Waals surface area contributed by atoms with Crippen LogP contribution in [0, 0.1) is 0 Å². The highest BCUT2D eigenvalue weighted by atomic mass is 32.2. The lowest BCUT2D eigenvalue weighted by Crippen LogP contribution is -2.37. The Bertz CT molecular complexity index is 989. The number of carboxylic acids is 1. The highest BCUT2D eigenvalue weighted by Crippen LogP contribution is 2.50. The predicted octanol–water partition coefficient (Wildman–Crippen LogP) is 3.25. The molecular formula is C21H23NO5S. The van der Waals surface area contributed by atoms with Gasteiger partial charge in [-0.25, -0.2) is 13.1 Å². The first-order valence-corrected chi connectivity index (χ1v) is 11.0. The Labute approximate surface area is 164 Å². The number of carbonyl (C=O) groups is 1. The average molecular weight is 401 g/mol. The van der Waals surface area contributed by atoms with Gasteiger partial charge in [-0.15, -0.1) is 0 Å². The molecule has 0 saturated heterocycles. The number of sulfonamides is 1. The Balaban J connectivity index is 1.65. The quantitative estimate of drug-likeness (QED) is 0.775. The first-order valence-electron chi connectivity index (χ1n) is 9.52. The number of nitrogens with one attached hydrogen (secondary N) is 1. The third-order valence-electron chi connectivity index (χ3n) is 5.74. The van der Waals surface area contributed by atoms with E-state index >= 15 is 0 Å². The van der Waals surface area contributed by atoms with E-state index in [-0.39, 0.29) is 23.0 Å². The Morgan fingerprint density at radius 2 is 1.93 bits per heavy atom. The fraction of sp³-hybridized carbons (Fsp3) is 0.381. The number of para-hydroxylation sites is 1. The van der Waals surface area contributed by atoms with Gasteiger partial charge in [-0.05, 0) is 31.4 Å². The van der Waals surface area contributed by atoms with E-state index in [9.17, 15) is 18.3 Å². The molecule has 1 aliphatic heterocycles. The van der Waals surface area contributed by atoms with Gasteiger partial charge in [-0.1, -0.05) is 43.3 Å². The summed E-state index contributed by atoms with van der Waals surface area (Å²) >= 11 is 0. The molecule has 4 atom stereocenters. The maximum atomic E-state index is 12.8. The highest BCUT2D eigenvalue weighted by molar-refractivity contribution is 7.89. The fourth-order valence-corrected chi connectivity index (χ4v) is 5.75. The third-order valence-corrected chi connectivity index (χ3v) is 7.25. The van der Waals surface area contributed by atoms with Crippen LogP contribution < -0.4 is 9.46 Å². The van der Waals surface area contributed by atoms with E-state index in [0.717, 1.165) is 12.0 Å². The standard InChI is InChI=1S/C21H23NO5S/c1-2-14(21(23)24)15-9-6-10-16-19-17(11-12-18(19)27-20(15)16)22-28(25,26)13-7-4-3-5-8-13/h3-10,14,17-19,22H,2,11-12H2,1H3,(H,23,24). The molecule has 1 aliphatic carbocycles. The van der Waals surface area contributed by atoms with Crippen molar-refractivity contribution in [3.63, 3.8) is 0 Å². The Kier molecular flexibility index (Phi) is 4.89. The number of ether oxygens (including phenoxy) is 1. The summed E-state index contributed by atoms with van der Waals surface area (Å²) in [6.45, 7) is 1.84. The molecule has 0 aromatic heterocycles. The second-order valence-electron chi connectivity index (χ2n) is 7.36. The summed E-state index contributed by atoms with van der Waals surface area (Å²) < 4.78 is 34.5. The summed E-state index contributed by atoms with van der Waals surface area (Å²) in [4.78, 5) is 11.9. The zero-order valence-electron chi connectivity index (χ0n) is 15.5. The van der Waals surface area contributed by atoms with Gasteiger partial charge in [0.2, 0.25) is 10.0 Å². The maximum absolute atomic E-state index is 12.8. The van der Waals surface area contributed by atoms with Crippen molar-refractivity contribution in [3.05, 3.63) is 59.7 Å². The minimum absolute atomic E-state index is 0.111. The number of hydrogen-bond donors (Lipinski definition) is 2. The number of fused-ring (bicyclic) bond motifs is 3. The molecule has 28 heavy (non-hydrogen) atoms. The van der Waals surface area contributed by atoms with E-state index in [2.05, 4.69) is 4.72 Å². The second-order valence-corrected chi connectivity index (χ2v) is 9.08. The Morgan fingerprint density at radius 3 is 2.61 bits per heavy atom. The number of hydrogen-bond acceptors (Lipinski definition) is 4. The van der Waals surface area contributed by atoms with Gasteiger partial charge in [0.05, 0.1) is 10.8 Å². The van der Waals surface area contributed by atoms with Crippen LogP contribution in [0.5, 0.6) is 5.75 Å². The van der Waals surface area contributed by atoms with Gasteiger partial charge in [0.25, 0.3) is 0 Å². The molecule has 2 aromatic rings. The van der Waals surface area contributed by atoms with Crippen molar-refractivity contribution < 1.29 is 23.1 Å². The number of benzene rings is 2. The minimum atomic E-state index is -3.63. The molecule has 6 nitrogen and oxygen atoms in total. The summed E-state index contributed by atoms with van der Waals surface area (Å²) in [5.41, 5.74) is 1.58. The van der Waals surface area contributed by atoms with Crippen LogP contribution in [0.1, 0.15) is 49.1 Å². The Hall–Kier alpha value is -2.38. The first-order chi connectivity index (χ1) is 13.4. The summed E-state index contributed by atoms with van der Waals surface area (Å²) in [7, 11) is -3.63. The zero-order valence-corrected chi connectivity index (χ0v) is 16.4. The lowest BCUT2D eigenvalue weighted by Gasteiger charge is -2.20. The molecule has 0 radical (unpaired) electrons. The van der Waals surface area contributed by atoms with Gasteiger partial charge in [0.1, 0.15) is 11.9 Å². The second kappa shape index (κ2) is 7.22. The largest absolute Gasteiger partial charge is 0.489 e. The van der Waals surface area contributed by atoms with Crippen molar-refractivity contribution in [2.75, 3.05) is 0 Å². The molecule has 2 aliphatic rings. The SMILES string of the molecule is CCC(C(=O)O)c1cccc2c1OC1CCC(NS(=O)(=O)c3ccccc3)C21. The van der Waals surface area contributed by atoms with Crippen LogP contribution in [-0.4, -0.2) is 31.6 Å². The molecular weight excluding hydrogens is 378 g/mol. The molecule has 2 aromatic carbocycles. The van der Waals surface area contributed by atoms with Crippen molar-refractivity contribution in [2.24, 2.45) is 0 Å². The first kappa shape index (κ1) is 19.0. The highest BCUT2D eigenvalue weighted by Gasteiger charge is 2.47. The summed E-state index contributed by atoms with van der Waals surface area (Å²) in [5.74, 6) is -0.999. The topological polar surface area (TPSA) is 92.7 Å². The lowest BCUT2D eigenvalue weighted by molar-refractivity contribution is -0.138. The van der Waals surface area contributed by atoms with Gasteiger partial charge in [-0.2, -0.15) is 0 Å². The molecule has 1 fully saturated rings. The predicted molar refractivity (Wildman–Crippen MR) is 104 cm³/mol. The Morgan fingerprint density at radius 1 is 1.18 bits per heavy atom. The van der Waals surface area contributed by atoms with Crippen LogP contribution in [0.3, 0.4) is 0 Å². The van der Waals surface area contributed by atoms with Crippen LogP contribution >= 0.6 is 0 Å². The smallest absolute Gasteiger partial charge is 0.311 e. The monoisotopic (exact) mass is 401 g/mol. The fourth-order valence-electron chi connectivity index (χ4n) is 4.44. The molecule has 1 saturated carbocycles. The molecule has 4 unspecified atom stereocenters. The number of aliphatic carboxylic acids is 1. The third kappa shape index (κ3) is 3.18. The van der Waals surface area contributed by atoms with Crippen LogP contribution in [-0.2, 0) is 14.8 Å². The minimum Gasteiger partial charge on any atom is -0.489 e. The molecule has 0 bridgehead atoms. The van der Waals surface area contributed by atoms with E-state index in [0.29, 0.717) is 24.2 Å². The van der Waals surface area contributed by atoms with Gasteiger partial charge in [0.15, 0.2) is 0 Å². The average Bonchev–Trinajstić information content (AvgIpc) is 3.23. The molecule has 4 rings (SSSR count). The van der Waals surface area contributed by atoms with Gasteiger partial charge in [-0.3, -0.25) is 4.79 Å². The number of carboxylic acid groups (broad SMARTS) is 1. The summed E-state index contributed by atoms with van der Waals surface area (Å²) in [6.07, 6.45) is 1.74. The van der Waals surface area contributed by atoms with Gasteiger partial charge in [0, 0.05) is 23.1 Å². The maximum Gasteiger partial charge on any atom is 0.311 e. The van der Waals surface area contributed by atoms with E-state index in [4.69, 9.17) is 4.74 Å². The van der Waals surface area contributed by atoms with Crippen LogP contribution in [0.25, 0.3) is 0 Å². The van der Waals surface area contributed by atoms with Crippen molar-refractivity contribution in [1.29, 1.82) is 0 Å². The van der Waals surface area contributed by atoms with Crippen molar-refractivity contribution >= 4 is 16.0 Å². The summed E-state index contributed by atoms with van der Waals surface area (Å²) in [5, 5.41) is 9.54. The lowest BCUT2D eigenvalue weighted by atomic mass is 9.89. The molecule has 148 valence electrons. The van der Waals surface area contributed by atoms with E-state index in [1.54, 1.807) is 36.4 Å². The van der Waals surface area contributed by atoms with Crippen molar-refractivity contribution in [1.82, 2.24) is 4.72 Å². The van der Waals surface area contributed by atoms with Crippen LogP contribution in [0.4, 0.5) is 0 Å². The number of rotatable bonds is 6. The van der Waals surface area contributed by atoms with Crippen LogP contribution in [0.15, 0.2) is 53.4 Å². The molecule has 1 heterocycles. The molecule has 2 N–H and O–H groups in total. The van der Waals surface area contributed by atoms with E-state index < -0.39 is 21.9 Å².